The molecule has 0 fully saturated rings. The summed E-state index contributed by atoms with van der Waals surface area (Å²) < 4.78 is 8.81. The Hall–Kier alpha value is -3.32. The van der Waals surface area contributed by atoms with E-state index < -0.39 is 5.60 Å². The van der Waals surface area contributed by atoms with Gasteiger partial charge < -0.3 is 4.74 Å². The van der Waals surface area contributed by atoms with E-state index in [1.165, 1.54) is 0 Å². The van der Waals surface area contributed by atoms with Gasteiger partial charge in [0.15, 0.2) is 0 Å². The molecular formula is C24H23ClN4O3. The number of benzene rings is 2. The SMILES string of the molecule is Cn1c(=O)n(-c2ccc3c(c2)N(C(=O)OC(C)(C)C)CC3)c2c3cc(Cl)ccc3ncc21. The quantitative estimate of drug-likeness (QED) is 0.416. The van der Waals surface area contributed by atoms with Crippen LogP contribution in [-0.2, 0) is 18.2 Å². The van der Waals surface area contributed by atoms with Crippen molar-refractivity contribution in [3.05, 3.63) is 63.7 Å². The smallest absolute Gasteiger partial charge is 0.414 e. The number of amides is 1. The standard InChI is InChI=1S/C24H23ClN4O3/c1-24(2,3)32-23(31)28-10-9-14-5-7-16(12-19(14)28)29-21-17-11-15(25)6-8-18(17)26-13-20(21)27(4)22(29)30/h5-8,11-13H,9-10H2,1-4H3. The van der Waals surface area contributed by atoms with Crippen molar-refractivity contribution in [3.8, 4) is 5.69 Å². The topological polar surface area (TPSA) is 69.4 Å². The predicted molar refractivity (Wildman–Crippen MR) is 126 cm³/mol. The number of carbonyl (C=O) groups excluding carboxylic acids is 1. The maximum atomic E-state index is 13.3. The summed E-state index contributed by atoms with van der Waals surface area (Å²) in [5.74, 6) is 0. The van der Waals surface area contributed by atoms with Crippen LogP contribution in [0.5, 0.6) is 0 Å². The number of imidazole rings is 1. The Morgan fingerprint density at radius 3 is 2.69 bits per heavy atom. The van der Waals surface area contributed by atoms with Crippen LogP contribution in [0.25, 0.3) is 27.6 Å². The van der Waals surface area contributed by atoms with Gasteiger partial charge in [0, 0.05) is 24.0 Å². The minimum absolute atomic E-state index is 0.198. The van der Waals surface area contributed by atoms with Crippen LogP contribution in [0.3, 0.4) is 0 Å². The number of aromatic nitrogens is 3. The number of fused-ring (bicyclic) bond motifs is 4. The summed E-state index contributed by atoms with van der Waals surface area (Å²) in [6.07, 6.45) is 2.05. The highest BCUT2D eigenvalue weighted by Crippen LogP contribution is 2.33. The van der Waals surface area contributed by atoms with E-state index in [-0.39, 0.29) is 11.8 Å². The van der Waals surface area contributed by atoms with Crippen LogP contribution in [0.1, 0.15) is 26.3 Å². The highest BCUT2D eigenvalue weighted by molar-refractivity contribution is 6.31. The summed E-state index contributed by atoms with van der Waals surface area (Å²) in [5, 5.41) is 1.36. The third-order valence-electron chi connectivity index (χ3n) is 5.68. The lowest BCUT2D eigenvalue weighted by Gasteiger charge is -2.25. The largest absolute Gasteiger partial charge is 0.443 e. The molecule has 7 nitrogen and oxygen atoms in total. The molecule has 0 atom stereocenters. The van der Waals surface area contributed by atoms with Crippen LogP contribution in [0.4, 0.5) is 10.5 Å². The zero-order valence-electron chi connectivity index (χ0n) is 18.3. The van der Waals surface area contributed by atoms with Gasteiger partial charge in [0.05, 0.1) is 34.1 Å². The van der Waals surface area contributed by atoms with Crippen molar-refractivity contribution in [2.75, 3.05) is 11.4 Å². The summed E-state index contributed by atoms with van der Waals surface area (Å²) in [6.45, 7) is 6.08. The first-order valence-corrected chi connectivity index (χ1v) is 10.8. The lowest BCUT2D eigenvalue weighted by molar-refractivity contribution is 0.0584. The molecular weight excluding hydrogens is 428 g/mol. The fraction of sp³-hybridized carbons (Fsp3) is 0.292. The maximum Gasteiger partial charge on any atom is 0.414 e. The summed E-state index contributed by atoms with van der Waals surface area (Å²) >= 11 is 6.27. The molecule has 8 heteroatoms. The third kappa shape index (κ3) is 3.24. The molecule has 164 valence electrons. The number of aryl methyl sites for hydroxylation is 1. The van der Waals surface area contributed by atoms with Crippen LogP contribution in [0, 0.1) is 0 Å². The van der Waals surface area contributed by atoms with Crippen molar-refractivity contribution >= 4 is 45.3 Å². The molecule has 2 aromatic heterocycles. The van der Waals surface area contributed by atoms with E-state index in [0.29, 0.717) is 22.8 Å². The zero-order chi connectivity index (χ0) is 22.8. The number of ether oxygens (including phenoxy) is 1. The van der Waals surface area contributed by atoms with Gasteiger partial charge in [-0.05, 0) is 63.1 Å². The van der Waals surface area contributed by atoms with E-state index in [2.05, 4.69) is 4.98 Å². The summed E-state index contributed by atoms with van der Waals surface area (Å²) in [5.41, 5.74) is 3.87. The molecule has 1 amide bonds. The van der Waals surface area contributed by atoms with E-state index in [1.54, 1.807) is 33.3 Å². The van der Waals surface area contributed by atoms with E-state index >= 15 is 0 Å². The number of carbonyl (C=O) groups is 1. The first-order valence-electron chi connectivity index (χ1n) is 10.4. The van der Waals surface area contributed by atoms with Crippen molar-refractivity contribution in [1.29, 1.82) is 0 Å². The lowest BCUT2D eigenvalue weighted by atomic mass is 10.1. The van der Waals surface area contributed by atoms with Crippen molar-refractivity contribution in [3.63, 3.8) is 0 Å². The Morgan fingerprint density at radius 1 is 1.16 bits per heavy atom. The zero-order valence-corrected chi connectivity index (χ0v) is 19.1. The molecule has 1 aliphatic rings. The maximum absolute atomic E-state index is 13.3. The molecule has 2 aromatic carbocycles. The van der Waals surface area contributed by atoms with Crippen molar-refractivity contribution in [2.45, 2.75) is 32.8 Å². The van der Waals surface area contributed by atoms with Gasteiger partial charge >= 0.3 is 11.8 Å². The van der Waals surface area contributed by atoms with Gasteiger partial charge in [0.25, 0.3) is 0 Å². The van der Waals surface area contributed by atoms with Crippen molar-refractivity contribution in [1.82, 2.24) is 14.1 Å². The minimum Gasteiger partial charge on any atom is -0.443 e. The molecule has 0 radical (unpaired) electrons. The van der Waals surface area contributed by atoms with Gasteiger partial charge in [0.1, 0.15) is 5.60 Å². The third-order valence-corrected chi connectivity index (χ3v) is 5.92. The summed E-state index contributed by atoms with van der Waals surface area (Å²) in [7, 11) is 1.72. The van der Waals surface area contributed by atoms with E-state index in [9.17, 15) is 9.59 Å². The van der Waals surface area contributed by atoms with E-state index in [1.807, 2.05) is 51.1 Å². The number of halogens is 1. The average Bonchev–Trinajstić information content (AvgIpc) is 3.26. The Morgan fingerprint density at radius 2 is 1.94 bits per heavy atom. The second-order valence-electron chi connectivity index (χ2n) is 9.03. The molecule has 0 bridgehead atoms. The van der Waals surface area contributed by atoms with Crippen LogP contribution in [-0.4, -0.2) is 32.4 Å². The monoisotopic (exact) mass is 450 g/mol. The molecule has 3 heterocycles. The molecule has 0 saturated heterocycles. The molecule has 5 rings (SSSR count). The first kappa shape index (κ1) is 20.6. The van der Waals surface area contributed by atoms with E-state index in [4.69, 9.17) is 16.3 Å². The number of nitrogens with zero attached hydrogens (tertiary/aromatic N) is 4. The van der Waals surface area contributed by atoms with E-state index in [0.717, 1.165) is 34.1 Å². The second-order valence-corrected chi connectivity index (χ2v) is 9.46. The van der Waals surface area contributed by atoms with Crippen molar-refractivity contribution < 1.29 is 9.53 Å². The Labute approximate surface area is 189 Å². The number of rotatable bonds is 1. The van der Waals surface area contributed by atoms with Gasteiger partial charge in [-0.25, -0.2) is 9.59 Å². The van der Waals surface area contributed by atoms with Gasteiger partial charge in [-0.15, -0.1) is 0 Å². The highest BCUT2D eigenvalue weighted by atomic mass is 35.5. The van der Waals surface area contributed by atoms with Crippen LogP contribution in [0.15, 0.2) is 47.4 Å². The van der Waals surface area contributed by atoms with Gasteiger partial charge in [-0.3, -0.25) is 19.0 Å². The molecule has 0 spiro atoms. The van der Waals surface area contributed by atoms with Gasteiger partial charge in [-0.1, -0.05) is 17.7 Å². The molecule has 0 unspecified atom stereocenters. The summed E-state index contributed by atoms with van der Waals surface area (Å²) in [4.78, 5) is 32.2. The highest BCUT2D eigenvalue weighted by Gasteiger charge is 2.29. The number of hydrogen-bond donors (Lipinski definition) is 0. The molecule has 0 N–H and O–H groups in total. The number of hydrogen-bond acceptors (Lipinski definition) is 4. The average molecular weight is 451 g/mol. The number of pyridine rings is 1. The fourth-order valence-electron chi connectivity index (χ4n) is 4.22. The second kappa shape index (κ2) is 7.10. The molecule has 32 heavy (non-hydrogen) atoms. The first-order chi connectivity index (χ1) is 15.1. The van der Waals surface area contributed by atoms with Gasteiger partial charge in [0.2, 0.25) is 0 Å². The molecule has 0 saturated carbocycles. The number of anilines is 1. The normalized spacial score (nSPS) is 13.7. The van der Waals surface area contributed by atoms with Crippen molar-refractivity contribution in [2.24, 2.45) is 7.05 Å². The Kier molecular flexibility index (Phi) is 4.57. The minimum atomic E-state index is -0.588. The predicted octanol–water partition coefficient (Wildman–Crippen LogP) is 4.83. The van der Waals surface area contributed by atoms with Crippen LogP contribution in [0.2, 0.25) is 5.02 Å². The molecule has 0 aliphatic carbocycles. The molecule has 1 aliphatic heterocycles. The van der Waals surface area contributed by atoms with Crippen LogP contribution >= 0.6 is 11.6 Å². The lowest BCUT2D eigenvalue weighted by Crippen LogP contribution is -2.35. The Bertz CT molecular complexity index is 1460. The van der Waals surface area contributed by atoms with Crippen LogP contribution < -0.4 is 10.6 Å². The molecule has 4 aromatic rings. The Balaban J connectivity index is 1.72. The van der Waals surface area contributed by atoms with Gasteiger partial charge in [-0.2, -0.15) is 0 Å². The summed E-state index contributed by atoms with van der Waals surface area (Å²) in [6, 6.07) is 11.2. The fourth-order valence-corrected chi connectivity index (χ4v) is 4.39.